The lowest BCUT2D eigenvalue weighted by Gasteiger charge is -2.20. The lowest BCUT2D eigenvalue weighted by Crippen LogP contribution is -2.36. The fourth-order valence-corrected chi connectivity index (χ4v) is 2.60. The van der Waals surface area contributed by atoms with Gasteiger partial charge in [0.1, 0.15) is 0 Å². The number of pyridine rings is 1. The number of rotatable bonds is 5. The number of hydrazone groups is 1. The summed E-state index contributed by atoms with van der Waals surface area (Å²) in [5.74, 6) is 3.87. The average Bonchev–Trinajstić information content (AvgIpc) is 2.68. The number of benzene rings is 1. The van der Waals surface area contributed by atoms with Crippen LogP contribution in [0.2, 0.25) is 10.0 Å². The Labute approximate surface area is 178 Å². The van der Waals surface area contributed by atoms with Gasteiger partial charge in [0.2, 0.25) is 0 Å². The quantitative estimate of drug-likeness (QED) is 0.269. The standard InChI is InChI=1S/C17H13Cl2F3N6O2/c1-2-12(17(20,21)22)27-28(14-10(19)6-4-8-24-14)16(30)25-11-7-3-5-9(18)13(11)15(29)26-23/h2-8H,1,23H2,(H,25,30)(H,26,29)/b27-12+. The van der Waals surface area contributed by atoms with Crippen LogP contribution >= 0.6 is 23.2 Å². The van der Waals surface area contributed by atoms with E-state index < -0.39 is 29.6 Å². The van der Waals surface area contributed by atoms with Gasteiger partial charge >= 0.3 is 12.2 Å². The third-order valence-corrected chi connectivity index (χ3v) is 4.05. The lowest BCUT2D eigenvalue weighted by atomic mass is 10.1. The molecule has 0 aliphatic rings. The SMILES string of the molecule is C=C/C(=N\N(C(=O)Nc1cccc(Cl)c1C(=O)NN)c1ncccc1Cl)C(F)(F)F. The summed E-state index contributed by atoms with van der Waals surface area (Å²) in [5, 5.41) is 5.62. The Kier molecular flexibility index (Phi) is 7.38. The molecule has 13 heteroatoms. The maximum Gasteiger partial charge on any atom is 0.435 e. The van der Waals surface area contributed by atoms with Gasteiger partial charge in [-0.05, 0) is 30.3 Å². The third-order valence-electron chi connectivity index (χ3n) is 3.44. The zero-order chi connectivity index (χ0) is 22.5. The van der Waals surface area contributed by atoms with Crippen molar-refractivity contribution in [2.45, 2.75) is 6.18 Å². The Morgan fingerprint density at radius 1 is 1.20 bits per heavy atom. The molecule has 0 bridgehead atoms. The number of carbonyl (C=O) groups excluding carboxylic acids is 2. The van der Waals surface area contributed by atoms with E-state index in [0.29, 0.717) is 6.08 Å². The molecule has 2 rings (SSSR count). The van der Waals surface area contributed by atoms with Crippen molar-refractivity contribution in [2.75, 3.05) is 10.3 Å². The number of anilines is 2. The topological polar surface area (TPSA) is 113 Å². The fraction of sp³-hybridized carbons (Fsp3) is 0.0588. The second kappa shape index (κ2) is 9.57. The van der Waals surface area contributed by atoms with E-state index in [1.54, 1.807) is 0 Å². The van der Waals surface area contributed by atoms with Gasteiger partial charge in [-0.15, -0.1) is 0 Å². The molecule has 1 aromatic carbocycles. The molecule has 0 saturated carbocycles. The second-order valence-electron chi connectivity index (χ2n) is 5.37. The average molecular weight is 461 g/mol. The first-order chi connectivity index (χ1) is 14.1. The number of alkyl halides is 3. The number of carbonyl (C=O) groups is 2. The van der Waals surface area contributed by atoms with Crippen LogP contribution in [0.4, 0.5) is 29.5 Å². The number of allylic oxidation sites excluding steroid dienone is 1. The van der Waals surface area contributed by atoms with Gasteiger partial charge in [0.05, 0.1) is 21.3 Å². The first kappa shape index (κ1) is 23.1. The number of urea groups is 1. The van der Waals surface area contributed by atoms with Crippen LogP contribution in [0.5, 0.6) is 0 Å². The predicted octanol–water partition coefficient (Wildman–Crippen LogP) is 4.13. The summed E-state index contributed by atoms with van der Waals surface area (Å²) >= 11 is 11.9. The Morgan fingerprint density at radius 2 is 1.87 bits per heavy atom. The molecule has 0 aliphatic carbocycles. The highest BCUT2D eigenvalue weighted by Gasteiger charge is 2.36. The minimum atomic E-state index is -4.91. The van der Waals surface area contributed by atoms with Crippen molar-refractivity contribution < 1.29 is 22.8 Å². The fourth-order valence-electron chi connectivity index (χ4n) is 2.14. The minimum absolute atomic E-state index is 0.0660. The first-order valence-corrected chi connectivity index (χ1v) is 8.65. The summed E-state index contributed by atoms with van der Waals surface area (Å²) in [6, 6.07) is 5.53. The van der Waals surface area contributed by atoms with Crippen molar-refractivity contribution in [1.82, 2.24) is 10.4 Å². The van der Waals surface area contributed by atoms with Crippen molar-refractivity contribution in [3.8, 4) is 0 Å². The van der Waals surface area contributed by atoms with E-state index in [9.17, 15) is 22.8 Å². The molecular formula is C17H13Cl2F3N6O2. The number of halogens is 5. The maximum atomic E-state index is 13.2. The molecule has 0 unspecified atom stereocenters. The Balaban J connectivity index is 2.56. The molecule has 0 aliphatic heterocycles. The normalized spacial score (nSPS) is 11.6. The summed E-state index contributed by atoms with van der Waals surface area (Å²) in [6.07, 6.45) is -3.29. The van der Waals surface area contributed by atoms with Crippen LogP contribution in [0.3, 0.4) is 0 Å². The minimum Gasteiger partial charge on any atom is -0.305 e. The number of nitrogens with two attached hydrogens (primary N) is 1. The van der Waals surface area contributed by atoms with E-state index in [1.165, 1.54) is 36.5 Å². The molecule has 0 saturated heterocycles. The number of nitrogen functional groups attached to an aromatic ring is 1. The molecule has 30 heavy (non-hydrogen) atoms. The lowest BCUT2D eigenvalue weighted by molar-refractivity contribution is -0.0578. The van der Waals surface area contributed by atoms with Crippen molar-refractivity contribution in [3.05, 3.63) is 64.8 Å². The predicted molar refractivity (Wildman–Crippen MR) is 108 cm³/mol. The molecular weight excluding hydrogens is 448 g/mol. The van der Waals surface area contributed by atoms with E-state index in [4.69, 9.17) is 29.0 Å². The zero-order valence-electron chi connectivity index (χ0n) is 14.9. The van der Waals surface area contributed by atoms with E-state index in [0.717, 1.165) is 0 Å². The Hall–Kier alpha value is -3.15. The largest absolute Gasteiger partial charge is 0.435 e. The number of hydrogen-bond acceptors (Lipinski definition) is 5. The second-order valence-corrected chi connectivity index (χ2v) is 6.19. The molecule has 0 radical (unpaired) electrons. The number of aromatic nitrogens is 1. The first-order valence-electron chi connectivity index (χ1n) is 7.89. The molecule has 3 amide bonds. The molecule has 1 aromatic heterocycles. The summed E-state index contributed by atoms with van der Waals surface area (Å²) in [7, 11) is 0. The summed E-state index contributed by atoms with van der Waals surface area (Å²) in [5.41, 5.74) is 0.0141. The summed E-state index contributed by atoms with van der Waals surface area (Å²) < 4.78 is 39.5. The van der Waals surface area contributed by atoms with Gasteiger partial charge < -0.3 is 5.32 Å². The van der Waals surface area contributed by atoms with Crippen LogP contribution in [0.1, 0.15) is 10.4 Å². The van der Waals surface area contributed by atoms with Gasteiger partial charge in [-0.3, -0.25) is 10.2 Å². The van der Waals surface area contributed by atoms with Crippen molar-refractivity contribution in [1.29, 1.82) is 0 Å². The monoisotopic (exact) mass is 460 g/mol. The number of amides is 3. The van der Waals surface area contributed by atoms with Crippen LogP contribution in [0, 0.1) is 0 Å². The van der Waals surface area contributed by atoms with E-state index in [2.05, 4.69) is 22.0 Å². The van der Waals surface area contributed by atoms with Crippen molar-refractivity contribution >= 4 is 52.4 Å². The van der Waals surface area contributed by atoms with E-state index in [1.807, 2.05) is 5.43 Å². The Morgan fingerprint density at radius 3 is 2.43 bits per heavy atom. The van der Waals surface area contributed by atoms with Gasteiger partial charge in [-0.2, -0.15) is 23.3 Å². The Bertz CT molecular complexity index is 1010. The smallest absolute Gasteiger partial charge is 0.305 e. The molecule has 158 valence electrons. The van der Waals surface area contributed by atoms with E-state index in [-0.39, 0.29) is 26.3 Å². The van der Waals surface area contributed by atoms with Crippen LogP contribution < -0.4 is 21.6 Å². The number of nitrogens with one attached hydrogen (secondary N) is 2. The van der Waals surface area contributed by atoms with Crippen LogP contribution in [0.25, 0.3) is 0 Å². The van der Waals surface area contributed by atoms with Gasteiger partial charge in [-0.1, -0.05) is 35.8 Å². The highest BCUT2D eigenvalue weighted by atomic mass is 35.5. The van der Waals surface area contributed by atoms with Crippen LogP contribution in [-0.2, 0) is 0 Å². The molecule has 0 atom stereocenters. The van der Waals surface area contributed by atoms with Crippen LogP contribution in [0.15, 0.2) is 54.3 Å². The van der Waals surface area contributed by atoms with Gasteiger partial charge in [0.25, 0.3) is 5.91 Å². The highest BCUT2D eigenvalue weighted by Crippen LogP contribution is 2.28. The third kappa shape index (κ3) is 5.26. The number of hydrazine groups is 1. The molecule has 2 aromatic rings. The van der Waals surface area contributed by atoms with Crippen molar-refractivity contribution in [2.24, 2.45) is 10.9 Å². The zero-order valence-corrected chi connectivity index (χ0v) is 16.4. The highest BCUT2D eigenvalue weighted by molar-refractivity contribution is 6.35. The molecule has 1 heterocycles. The van der Waals surface area contributed by atoms with Gasteiger partial charge in [0, 0.05) is 6.20 Å². The number of hydrogen-bond donors (Lipinski definition) is 3. The number of nitrogens with zero attached hydrogens (tertiary/aromatic N) is 3. The molecule has 0 spiro atoms. The summed E-state index contributed by atoms with van der Waals surface area (Å²) in [6.45, 7) is 3.05. The van der Waals surface area contributed by atoms with E-state index >= 15 is 0 Å². The maximum absolute atomic E-state index is 13.2. The molecule has 8 nitrogen and oxygen atoms in total. The van der Waals surface area contributed by atoms with Crippen molar-refractivity contribution in [3.63, 3.8) is 0 Å². The summed E-state index contributed by atoms with van der Waals surface area (Å²) in [4.78, 5) is 28.6. The molecule has 0 fully saturated rings. The van der Waals surface area contributed by atoms with Gasteiger partial charge in [-0.25, -0.2) is 15.6 Å². The molecule has 4 N–H and O–H groups in total. The van der Waals surface area contributed by atoms with Gasteiger partial charge in [0.15, 0.2) is 11.5 Å². The van der Waals surface area contributed by atoms with Crippen LogP contribution in [-0.4, -0.2) is 28.8 Å².